The van der Waals surface area contributed by atoms with E-state index in [0.29, 0.717) is 33.9 Å². The summed E-state index contributed by atoms with van der Waals surface area (Å²) < 4.78 is 10.3. The lowest BCUT2D eigenvalue weighted by molar-refractivity contribution is -0.115. The van der Waals surface area contributed by atoms with Crippen LogP contribution in [0.15, 0.2) is 39.6 Å². The highest BCUT2D eigenvalue weighted by Crippen LogP contribution is 2.27. The van der Waals surface area contributed by atoms with Crippen LogP contribution in [0.2, 0.25) is 0 Å². The van der Waals surface area contributed by atoms with Gasteiger partial charge in [-0.15, -0.1) is 22.7 Å². The standard InChI is InChI=1S/C19H16N4O4S2/c1-10-12(21-17(27-10)15-4-3-5-28-15)7-16(24)23-19-22-14(9-29-19)11-6-13(20-8-11)18(25)26-2/h3-6,8-9,20H,7H2,1-2H3,(H,22,23,24). The molecule has 0 saturated carbocycles. The van der Waals surface area contributed by atoms with Crippen molar-refractivity contribution in [2.45, 2.75) is 13.3 Å². The predicted molar refractivity (Wildman–Crippen MR) is 110 cm³/mol. The third kappa shape index (κ3) is 4.13. The average molecular weight is 428 g/mol. The Balaban J connectivity index is 1.42. The zero-order valence-corrected chi connectivity index (χ0v) is 17.1. The lowest BCUT2D eigenvalue weighted by Gasteiger charge is -1.99. The Labute approximate surface area is 173 Å². The van der Waals surface area contributed by atoms with Gasteiger partial charge in [0.25, 0.3) is 0 Å². The van der Waals surface area contributed by atoms with E-state index in [1.807, 2.05) is 17.5 Å². The Morgan fingerprint density at radius 2 is 2.17 bits per heavy atom. The normalized spacial score (nSPS) is 10.8. The van der Waals surface area contributed by atoms with E-state index in [4.69, 9.17) is 4.42 Å². The van der Waals surface area contributed by atoms with E-state index in [1.165, 1.54) is 29.8 Å². The number of methoxy groups -OCH3 is 1. The third-order valence-electron chi connectivity index (χ3n) is 4.09. The number of amides is 1. The van der Waals surface area contributed by atoms with Crippen LogP contribution in [0.5, 0.6) is 0 Å². The molecule has 0 aromatic carbocycles. The number of ether oxygens (including phenoxy) is 1. The average Bonchev–Trinajstić information content (AvgIpc) is 3.48. The first kappa shape index (κ1) is 19.1. The molecule has 29 heavy (non-hydrogen) atoms. The Kier molecular flexibility index (Phi) is 5.28. The fraction of sp³-hybridized carbons (Fsp3) is 0.158. The summed E-state index contributed by atoms with van der Waals surface area (Å²) in [6, 6.07) is 5.49. The van der Waals surface area contributed by atoms with Gasteiger partial charge in [-0.2, -0.15) is 0 Å². The summed E-state index contributed by atoms with van der Waals surface area (Å²) in [6.07, 6.45) is 1.75. The summed E-state index contributed by atoms with van der Waals surface area (Å²) in [6.45, 7) is 1.79. The van der Waals surface area contributed by atoms with Crippen molar-refractivity contribution >= 4 is 39.7 Å². The molecule has 4 aromatic rings. The van der Waals surface area contributed by atoms with Crippen LogP contribution in [0, 0.1) is 6.92 Å². The summed E-state index contributed by atoms with van der Waals surface area (Å²) in [5, 5.41) is 6.99. The number of oxazole rings is 1. The molecule has 0 aliphatic rings. The van der Waals surface area contributed by atoms with Gasteiger partial charge in [0, 0.05) is 17.1 Å². The van der Waals surface area contributed by atoms with Crippen molar-refractivity contribution in [3.63, 3.8) is 0 Å². The molecule has 0 unspecified atom stereocenters. The lowest BCUT2D eigenvalue weighted by Crippen LogP contribution is -2.15. The molecule has 0 atom stereocenters. The van der Waals surface area contributed by atoms with E-state index in [-0.39, 0.29) is 12.3 Å². The number of thiazole rings is 1. The largest absolute Gasteiger partial charge is 0.464 e. The van der Waals surface area contributed by atoms with Crippen molar-refractivity contribution in [3.05, 3.63) is 52.3 Å². The van der Waals surface area contributed by atoms with E-state index in [0.717, 1.165) is 10.4 Å². The second-order valence-corrected chi connectivity index (χ2v) is 7.86. The number of rotatable bonds is 6. The third-order valence-corrected chi connectivity index (χ3v) is 5.70. The zero-order valence-electron chi connectivity index (χ0n) is 15.5. The Hall–Kier alpha value is -3.24. The first-order valence-electron chi connectivity index (χ1n) is 8.56. The van der Waals surface area contributed by atoms with Crippen molar-refractivity contribution in [3.8, 4) is 22.0 Å². The van der Waals surface area contributed by atoms with Gasteiger partial charge >= 0.3 is 5.97 Å². The fourth-order valence-corrected chi connectivity index (χ4v) is 4.03. The Bertz CT molecular complexity index is 1160. The van der Waals surface area contributed by atoms with Crippen LogP contribution in [0.4, 0.5) is 5.13 Å². The molecule has 2 N–H and O–H groups in total. The maximum atomic E-state index is 12.4. The van der Waals surface area contributed by atoms with Crippen LogP contribution >= 0.6 is 22.7 Å². The van der Waals surface area contributed by atoms with Crippen molar-refractivity contribution in [2.24, 2.45) is 0 Å². The molecule has 4 aromatic heterocycles. The minimum Gasteiger partial charge on any atom is -0.464 e. The van der Waals surface area contributed by atoms with E-state index in [2.05, 4.69) is 25.0 Å². The second-order valence-electron chi connectivity index (χ2n) is 6.06. The van der Waals surface area contributed by atoms with Gasteiger partial charge in [-0.05, 0) is 24.4 Å². The molecule has 0 saturated heterocycles. The molecule has 0 fully saturated rings. The zero-order chi connectivity index (χ0) is 20.4. The minimum atomic E-state index is -0.454. The number of hydrogen-bond acceptors (Lipinski definition) is 8. The fourth-order valence-electron chi connectivity index (χ4n) is 2.65. The van der Waals surface area contributed by atoms with E-state index in [1.54, 1.807) is 24.6 Å². The van der Waals surface area contributed by atoms with Gasteiger partial charge < -0.3 is 19.5 Å². The van der Waals surface area contributed by atoms with Crippen molar-refractivity contribution < 1.29 is 18.7 Å². The smallest absolute Gasteiger partial charge is 0.354 e. The molecule has 8 nitrogen and oxygen atoms in total. The molecule has 10 heteroatoms. The first-order chi connectivity index (χ1) is 14.0. The molecule has 1 amide bonds. The van der Waals surface area contributed by atoms with Crippen LogP contribution in [0.25, 0.3) is 22.0 Å². The predicted octanol–water partition coefficient (Wildman–Crippen LogP) is 4.13. The molecule has 0 radical (unpaired) electrons. The SMILES string of the molecule is COC(=O)c1cc(-c2csc(NC(=O)Cc3nc(-c4cccs4)oc3C)n2)c[nH]1. The molecule has 4 heterocycles. The van der Waals surface area contributed by atoms with E-state index < -0.39 is 5.97 Å². The van der Waals surface area contributed by atoms with Gasteiger partial charge in [-0.3, -0.25) is 4.79 Å². The van der Waals surface area contributed by atoms with Gasteiger partial charge in [0.15, 0.2) is 5.13 Å². The second kappa shape index (κ2) is 8.02. The summed E-state index contributed by atoms with van der Waals surface area (Å²) in [5.74, 6) is 0.450. The van der Waals surface area contributed by atoms with Gasteiger partial charge in [-0.25, -0.2) is 14.8 Å². The first-order valence-corrected chi connectivity index (χ1v) is 10.3. The molecule has 148 valence electrons. The number of carbonyl (C=O) groups excluding carboxylic acids is 2. The number of esters is 1. The molecule has 4 rings (SSSR count). The van der Waals surface area contributed by atoms with Gasteiger partial charge in [0.2, 0.25) is 11.8 Å². The van der Waals surface area contributed by atoms with Crippen LogP contribution in [-0.4, -0.2) is 33.9 Å². The Morgan fingerprint density at radius 3 is 2.93 bits per heavy atom. The number of thiophene rings is 1. The molecule has 0 bridgehead atoms. The van der Waals surface area contributed by atoms with Crippen LogP contribution in [-0.2, 0) is 16.0 Å². The van der Waals surface area contributed by atoms with Crippen LogP contribution in [0.3, 0.4) is 0 Å². The number of aromatic amines is 1. The van der Waals surface area contributed by atoms with Gasteiger partial charge in [0.05, 0.1) is 29.8 Å². The molecular formula is C19H16N4O4S2. The maximum absolute atomic E-state index is 12.4. The van der Waals surface area contributed by atoms with Crippen molar-refractivity contribution in [1.29, 1.82) is 0 Å². The number of aryl methyl sites for hydroxylation is 1. The number of carbonyl (C=O) groups is 2. The Morgan fingerprint density at radius 1 is 1.31 bits per heavy atom. The van der Waals surface area contributed by atoms with E-state index in [9.17, 15) is 9.59 Å². The van der Waals surface area contributed by atoms with Crippen LogP contribution in [0.1, 0.15) is 21.9 Å². The van der Waals surface area contributed by atoms with E-state index >= 15 is 0 Å². The summed E-state index contributed by atoms with van der Waals surface area (Å²) in [4.78, 5) is 36.6. The highest BCUT2D eigenvalue weighted by molar-refractivity contribution is 7.14. The highest BCUT2D eigenvalue weighted by Gasteiger charge is 2.17. The minimum absolute atomic E-state index is 0.0895. The molecule has 0 aliphatic carbocycles. The van der Waals surface area contributed by atoms with Crippen molar-refractivity contribution in [1.82, 2.24) is 15.0 Å². The topological polar surface area (TPSA) is 110 Å². The summed E-state index contributed by atoms with van der Waals surface area (Å²) in [5.41, 5.74) is 2.31. The summed E-state index contributed by atoms with van der Waals surface area (Å²) in [7, 11) is 1.32. The molecular weight excluding hydrogens is 412 g/mol. The number of aromatic nitrogens is 3. The highest BCUT2D eigenvalue weighted by atomic mass is 32.1. The molecule has 0 aliphatic heterocycles. The quantitative estimate of drug-likeness (QED) is 0.447. The van der Waals surface area contributed by atoms with Gasteiger partial charge in [-0.1, -0.05) is 6.07 Å². The number of anilines is 1. The van der Waals surface area contributed by atoms with Crippen LogP contribution < -0.4 is 5.32 Å². The number of nitrogens with one attached hydrogen (secondary N) is 2. The summed E-state index contributed by atoms with van der Waals surface area (Å²) >= 11 is 2.83. The number of nitrogens with zero attached hydrogens (tertiary/aromatic N) is 2. The van der Waals surface area contributed by atoms with Gasteiger partial charge in [0.1, 0.15) is 11.5 Å². The number of H-pyrrole nitrogens is 1. The lowest BCUT2D eigenvalue weighted by atomic mass is 10.2. The number of hydrogen-bond donors (Lipinski definition) is 2. The maximum Gasteiger partial charge on any atom is 0.354 e. The molecule has 0 spiro atoms. The van der Waals surface area contributed by atoms with Crippen molar-refractivity contribution in [2.75, 3.05) is 12.4 Å². The monoisotopic (exact) mass is 428 g/mol.